The molecule has 1 aliphatic rings. The second kappa shape index (κ2) is 12.5. The third kappa shape index (κ3) is 5.69. The van der Waals surface area contributed by atoms with E-state index >= 15 is 0 Å². The number of nitrogens with one attached hydrogen (secondary N) is 1. The van der Waals surface area contributed by atoms with Crippen molar-refractivity contribution in [3.05, 3.63) is 22.7 Å². The lowest BCUT2D eigenvalue weighted by Crippen LogP contribution is -2.74. The summed E-state index contributed by atoms with van der Waals surface area (Å²) in [5.74, 6) is -6.22. The van der Waals surface area contributed by atoms with E-state index in [1.54, 1.807) is 0 Å². The second-order valence-corrected chi connectivity index (χ2v) is 8.32. The molecule has 0 fully saturated rings. The Morgan fingerprint density at radius 3 is 1.86 bits per heavy atom. The van der Waals surface area contributed by atoms with Gasteiger partial charge in [0.15, 0.2) is 5.78 Å². The first-order valence-electron chi connectivity index (χ1n) is 10.9. The van der Waals surface area contributed by atoms with Gasteiger partial charge in [0, 0.05) is 19.6 Å². The maximum Gasteiger partial charge on any atom is 0.344 e. The van der Waals surface area contributed by atoms with Gasteiger partial charge in [-0.3, -0.25) is 14.1 Å². The minimum Gasteiger partial charge on any atom is -0.508 e. The number of nitrogens with two attached hydrogens (primary N) is 4. The summed E-state index contributed by atoms with van der Waals surface area (Å²) in [5.41, 5.74) is 18.4. The third-order valence-corrected chi connectivity index (χ3v) is 5.93. The molecular formula is C20H37N6O9+. The summed E-state index contributed by atoms with van der Waals surface area (Å²) in [7, 11) is 0. The van der Waals surface area contributed by atoms with Crippen LogP contribution in [0, 0.1) is 0 Å². The van der Waals surface area contributed by atoms with Crippen LogP contribution in [0.5, 0.6) is 0 Å². The summed E-state index contributed by atoms with van der Waals surface area (Å²) < 4.78 is -0.636. The normalized spacial score (nSPS) is 21.9. The number of quaternary nitrogens is 1. The van der Waals surface area contributed by atoms with E-state index in [1.165, 1.54) is 0 Å². The molecule has 0 radical (unpaired) electrons. The first-order valence-corrected chi connectivity index (χ1v) is 10.9. The van der Waals surface area contributed by atoms with Gasteiger partial charge in [0.05, 0.1) is 44.5 Å². The van der Waals surface area contributed by atoms with Crippen LogP contribution in [0.1, 0.15) is 6.92 Å². The molecule has 0 aromatic heterocycles. The Hall–Kier alpha value is -2.47. The van der Waals surface area contributed by atoms with Crippen molar-refractivity contribution in [2.45, 2.75) is 30.7 Å². The van der Waals surface area contributed by atoms with E-state index in [4.69, 9.17) is 22.9 Å². The van der Waals surface area contributed by atoms with Crippen molar-refractivity contribution >= 4 is 17.6 Å². The smallest absolute Gasteiger partial charge is 0.344 e. The maximum absolute atomic E-state index is 13.9. The summed E-state index contributed by atoms with van der Waals surface area (Å²) in [4.78, 5) is 39.5. The zero-order chi connectivity index (χ0) is 27.1. The Balaban J connectivity index is 3.94. The van der Waals surface area contributed by atoms with Crippen molar-refractivity contribution in [1.82, 2.24) is 5.32 Å². The van der Waals surface area contributed by atoms with Gasteiger partial charge in [0.2, 0.25) is 5.54 Å². The lowest BCUT2D eigenvalue weighted by atomic mass is 9.75. The molecule has 0 aromatic carbocycles. The van der Waals surface area contributed by atoms with Crippen LogP contribution in [0.25, 0.3) is 0 Å². The largest absolute Gasteiger partial charge is 0.508 e. The highest BCUT2D eigenvalue weighted by molar-refractivity contribution is 6.08. The topological polar surface area (TPSA) is 289 Å². The van der Waals surface area contributed by atoms with Gasteiger partial charge >= 0.3 is 5.91 Å². The molecule has 0 saturated heterocycles. The first kappa shape index (κ1) is 30.6. The minimum absolute atomic E-state index is 0.0645. The van der Waals surface area contributed by atoms with Gasteiger partial charge < -0.3 is 58.9 Å². The zero-order valence-corrected chi connectivity index (χ0v) is 19.6. The molecule has 0 aromatic rings. The molecule has 0 spiro atoms. The Labute approximate surface area is 201 Å². The van der Waals surface area contributed by atoms with Crippen molar-refractivity contribution < 1.29 is 49.5 Å². The number of nitrogens with zero attached hydrogens (tertiary/aromatic N) is 1. The standard InChI is InChI=1S/C20H36N6O9/c1-10(29)14(30)12-15(31)13(18(34)25-11(8-27)9-28)17(33)20(24,16(12)32)19(35)26(5-2-21,6-3-22)7-4-23/h10-11,16,27-29,32H,2-9,21-24H2,1H3,(H2-,25,30,31,33,34)/p+1/t10-,16?,20?/m0/s1. The number of aliphatic hydroxyl groups is 6. The average molecular weight is 506 g/mol. The number of carbonyl (C=O) groups excluding carboxylic acids is 3. The fraction of sp³-hybridized carbons (Fsp3) is 0.650. The van der Waals surface area contributed by atoms with Gasteiger partial charge in [-0.2, -0.15) is 0 Å². The van der Waals surface area contributed by atoms with Crippen LogP contribution in [0.3, 0.4) is 0 Å². The number of amides is 2. The van der Waals surface area contributed by atoms with E-state index < -0.39 is 81.7 Å². The molecule has 0 bridgehead atoms. The average Bonchev–Trinajstić information content (AvgIpc) is 2.81. The van der Waals surface area contributed by atoms with Crippen LogP contribution in [-0.4, -0.2) is 129 Å². The van der Waals surface area contributed by atoms with Gasteiger partial charge in [0.25, 0.3) is 5.91 Å². The zero-order valence-electron chi connectivity index (χ0n) is 19.6. The predicted octanol–water partition coefficient (Wildman–Crippen LogP) is -5.68. The lowest BCUT2D eigenvalue weighted by molar-refractivity contribution is -0.852. The molecule has 200 valence electrons. The van der Waals surface area contributed by atoms with Gasteiger partial charge in [-0.05, 0) is 6.92 Å². The van der Waals surface area contributed by atoms with Crippen LogP contribution in [0.4, 0.5) is 0 Å². The molecule has 0 saturated carbocycles. The number of rotatable bonds is 13. The van der Waals surface area contributed by atoms with Crippen molar-refractivity contribution in [3.63, 3.8) is 0 Å². The highest BCUT2D eigenvalue weighted by atomic mass is 16.3. The molecule has 0 heterocycles. The van der Waals surface area contributed by atoms with Crippen LogP contribution in [0.15, 0.2) is 22.7 Å². The third-order valence-electron chi connectivity index (χ3n) is 5.93. The molecule has 1 aliphatic carbocycles. The minimum atomic E-state index is -2.88. The summed E-state index contributed by atoms with van der Waals surface area (Å²) in [6.45, 7) is -0.905. The van der Waals surface area contributed by atoms with Crippen molar-refractivity contribution in [3.8, 4) is 0 Å². The summed E-state index contributed by atoms with van der Waals surface area (Å²) in [5, 5.41) is 63.2. The van der Waals surface area contributed by atoms with Crippen LogP contribution >= 0.6 is 0 Å². The van der Waals surface area contributed by atoms with Crippen molar-refractivity contribution in [1.29, 1.82) is 0 Å². The Kier molecular flexibility index (Phi) is 10.9. The van der Waals surface area contributed by atoms with E-state index in [1.807, 2.05) is 0 Å². The Bertz CT molecular complexity index is 854. The molecule has 2 unspecified atom stereocenters. The van der Waals surface area contributed by atoms with E-state index in [-0.39, 0.29) is 39.3 Å². The van der Waals surface area contributed by atoms with Gasteiger partial charge in [-0.25, -0.2) is 4.79 Å². The molecule has 15 heteroatoms. The van der Waals surface area contributed by atoms with Crippen LogP contribution < -0.4 is 28.3 Å². The maximum atomic E-state index is 13.9. The first-order chi connectivity index (χ1) is 16.3. The van der Waals surface area contributed by atoms with Gasteiger partial charge in [0.1, 0.15) is 29.3 Å². The summed E-state index contributed by atoms with van der Waals surface area (Å²) in [6, 6.07) is -1.25. The van der Waals surface area contributed by atoms with E-state index in [2.05, 4.69) is 5.32 Å². The van der Waals surface area contributed by atoms with E-state index in [9.17, 15) is 45.0 Å². The van der Waals surface area contributed by atoms with Crippen molar-refractivity contribution in [2.24, 2.45) is 22.9 Å². The quantitative estimate of drug-likeness (QED) is 0.104. The Morgan fingerprint density at radius 1 is 1.03 bits per heavy atom. The number of carbonyl (C=O) groups is 3. The van der Waals surface area contributed by atoms with E-state index in [0.717, 1.165) is 6.92 Å². The number of hydrogen-bond acceptors (Lipinski definition) is 13. The molecule has 35 heavy (non-hydrogen) atoms. The SMILES string of the molecule is C[C@H](O)C(=O)C1=C(O)C(C(=O)NC(CO)CO)=C(O)C(N)(C(=O)[N+](CCN)(CCN)CCN)C1O. The Morgan fingerprint density at radius 2 is 1.49 bits per heavy atom. The molecular weight excluding hydrogens is 468 g/mol. The molecule has 0 aliphatic heterocycles. The molecule has 3 atom stereocenters. The fourth-order valence-electron chi connectivity index (χ4n) is 4.03. The van der Waals surface area contributed by atoms with E-state index in [0.29, 0.717) is 0 Å². The highest BCUT2D eigenvalue weighted by Gasteiger charge is 2.62. The predicted molar refractivity (Wildman–Crippen MR) is 122 cm³/mol. The fourth-order valence-corrected chi connectivity index (χ4v) is 4.03. The lowest BCUT2D eigenvalue weighted by Gasteiger charge is -2.44. The number of aliphatic hydroxyl groups excluding tert-OH is 6. The summed E-state index contributed by atoms with van der Waals surface area (Å²) in [6.07, 6.45) is -4.20. The molecule has 15 nitrogen and oxygen atoms in total. The highest BCUT2D eigenvalue weighted by Crippen LogP contribution is 2.38. The van der Waals surface area contributed by atoms with Crippen LogP contribution in [-0.2, 0) is 14.4 Å². The number of Topliss-reactive ketones (excluding diaryl/α,β-unsaturated/α-hetero) is 1. The number of ketones is 1. The number of hydrogen-bond donors (Lipinski definition) is 11. The monoisotopic (exact) mass is 505 g/mol. The van der Waals surface area contributed by atoms with Gasteiger partial charge in [-0.15, -0.1) is 0 Å². The molecule has 15 N–H and O–H groups in total. The molecule has 1 rings (SSSR count). The summed E-state index contributed by atoms with van der Waals surface area (Å²) >= 11 is 0. The van der Waals surface area contributed by atoms with Crippen LogP contribution in [0.2, 0.25) is 0 Å². The second-order valence-electron chi connectivity index (χ2n) is 8.32. The van der Waals surface area contributed by atoms with Gasteiger partial charge in [-0.1, -0.05) is 0 Å². The molecule has 2 amide bonds. The van der Waals surface area contributed by atoms with Crippen molar-refractivity contribution in [2.75, 3.05) is 52.5 Å².